The second-order valence-electron chi connectivity index (χ2n) is 4.86. The topological polar surface area (TPSA) is 12.5 Å². The molecule has 0 radical (unpaired) electrons. The first-order valence-electron chi connectivity index (χ1n) is 6.09. The monoisotopic (exact) mass is 219 g/mol. The Labute approximate surface area is 98.2 Å². The molecule has 1 heterocycles. The molecule has 0 aromatic heterocycles. The van der Waals surface area contributed by atoms with Gasteiger partial charge in [-0.05, 0) is 26.3 Å². The minimum Gasteiger partial charge on any atom is -0.371 e. The van der Waals surface area contributed by atoms with Gasteiger partial charge in [-0.15, -0.1) is 0 Å². The van der Waals surface area contributed by atoms with Crippen molar-refractivity contribution < 1.29 is 4.74 Å². The summed E-state index contributed by atoms with van der Waals surface area (Å²) < 4.78 is 5.84. The van der Waals surface area contributed by atoms with E-state index in [4.69, 9.17) is 4.74 Å². The molecule has 1 aliphatic heterocycles. The van der Waals surface area contributed by atoms with Crippen molar-refractivity contribution >= 4 is 0 Å². The molecule has 88 valence electrons. The Balaban J connectivity index is 2.06. The highest BCUT2D eigenvalue weighted by molar-refractivity contribution is 5.23. The molecular weight excluding hydrogens is 198 g/mol. The molecule has 2 nitrogen and oxygen atoms in total. The van der Waals surface area contributed by atoms with Crippen molar-refractivity contribution in [3.8, 4) is 0 Å². The zero-order chi connectivity index (χ0) is 11.5. The highest BCUT2D eigenvalue weighted by Crippen LogP contribution is 2.23. The summed E-state index contributed by atoms with van der Waals surface area (Å²) >= 11 is 0. The molecule has 1 aliphatic rings. The van der Waals surface area contributed by atoms with Crippen LogP contribution in [0.5, 0.6) is 0 Å². The van der Waals surface area contributed by atoms with Crippen LogP contribution in [0.15, 0.2) is 24.3 Å². The van der Waals surface area contributed by atoms with Crippen LogP contribution in [0.1, 0.15) is 31.1 Å². The standard InChI is InChI=1S/C14H21NO/c1-11(2)15-8-9-16-14(10-15)13-6-4-12(3)5-7-13/h4-7,11,14H,8-10H2,1-3H3. The number of ether oxygens (including phenoxy) is 1. The first-order valence-corrected chi connectivity index (χ1v) is 6.09. The van der Waals surface area contributed by atoms with E-state index in [1.165, 1.54) is 11.1 Å². The highest BCUT2D eigenvalue weighted by Gasteiger charge is 2.23. The smallest absolute Gasteiger partial charge is 0.0952 e. The van der Waals surface area contributed by atoms with Gasteiger partial charge >= 0.3 is 0 Å². The van der Waals surface area contributed by atoms with E-state index < -0.39 is 0 Å². The lowest BCUT2D eigenvalue weighted by atomic mass is 10.1. The molecule has 1 saturated heterocycles. The second-order valence-corrected chi connectivity index (χ2v) is 4.86. The average molecular weight is 219 g/mol. The summed E-state index contributed by atoms with van der Waals surface area (Å²) in [5.74, 6) is 0. The normalized spacial score (nSPS) is 22.6. The fourth-order valence-electron chi connectivity index (χ4n) is 2.12. The first kappa shape index (κ1) is 11.6. The number of benzene rings is 1. The summed E-state index contributed by atoms with van der Waals surface area (Å²) in [5, 5.41) is 0. The van der Waals surface area contributed by atoms with E-state index in [1.807, 2.05) is 0 Å². The third-order valence-electron chi connectivity index (χ3n) is 3.28. The Bertz CT molecular complexity index is 331. The molecule has 1 unspecified atom stereocenters. The number of hydrogen-bond acceptors (Lipinski definition) is 2. The van der Waals surface area contributed by atoms with Crippen LogP contribution >= 0.6 is 0 Å². The summed E-state index contributed by atoms with van der Waals surface area (Å²) in [6.07, 6.45) is 0.247. The van der Waals surface area contributed by atoms with Gasteiger partial charge in [0.05, 0.1) is 12.7 Å². The Hall–Kier alpha value is -0.860. The Morgan fingerprint density at radius 3 is 2.56 bits per heavy atom. The lowest BCUT2D eigenvalue weighted by Gasteiger charge is -2.35. The zero-order valence-corrected chi connectivity index (χ0v) is 10.4. The van der Waals surface area contributed by atoms with Gasteiger partial charge < -0.3 is 4.74 Å². The van der Waals surface area contributed by atoms with Gasteiger partial charge in [-0.25, -0.2) is 0 Å². The van der Waals surface area contributed by atoms with Crippen LogP contribution in [0.4, 0.5) is 0 Å². The predicted octanol–water partition coefficient (Wildman–Crippen LogP) is 2.78. The summed E-state index contributed by atoms with van der Waals surface area (Å²) in [6.45, 7) is 9.53. The molecule has 1 aromatic rings. The third kappa shape index (κ3) is 2.63. The van der Waals surface area contributed by atoms with Gasteiger partial charge in [0.2, 0.25) is 0 Å². The fraction of sp³-hybridized carbons (Fsp3) is 0.571. The lowest BCUT2D eigenvalue weighted by Crippen LogP contribution is -2.42. The van der Waals surface area contributed by atoms with Gasteiger partial charge in [0, 0.05) is 19.1 Å². The van der Waals surface area contributed by atoms with Crippen molar-refractivity contribution in [3.63, 3.8) is 0 Å². The number of aryl methyl sites for hydroxylation is 1. The summed E-state index contributed by atoms with van der Waals surface area (Å²) in [6, 6.07) is 9.30. The van der Waals surface area contributed by atoms with Gasteiger partial charge in [0.15, 0.2) is 0 Å². The molecule has 1 fully saturated rings. The van der Waals surface area contributed by atoms with Crippen LogP contribution in [0.25, 0.3) is 0 Å². The summed E-state index contributed by atoms with van der Waals surface area (Å²) in [5.41, 5.74) is 2.61. The molecule has 1 atom stereocenters. The molecular formula is C14H21NO. The van der Waals surface area contributed by atoms with Crippen molar-refractivity contribution in [2.45, 2.75) is 32.9 Å². The molecule has 0 saturated carbocycles. The maximum Gasteiger partial charge on any atom is 0.0952 e. The zero-order valence-electron chi connectivity index (χ0n) is 10.4. The number of hydrogen-bond donors (Lipinski definition) is 0. The summed E-state index contributed by atoms with van der Waals surface area (Å²) in [4.78, 5) is 2.48. The van der Waals surface area contributed by atoms with E-state index in [0.29, 0.717) is 6.04 Å². The predicted molar refractivity (Wildman–Crippen MR) is 66.6 cm³/mol. The van der Waals surface area contributed by atoms with Crippen LogP contribution < -0.4 is 0 Å². The average Bonchev–Trinajstić information content (AvgIpc) is 2.30. The summed E-state index contributed by atoms with van der Waals surface area (Å²) in [7, 11) is 0. The maximum atomic E-state index is 5.84. The van der Waals surface area contributed by atoms with Crippen LogP contribution in [-0.4, -0.2) is 30.6 Å². The third-order valence-corrected chi connectivity index (χ3v) is 3.28. The van der Waals surface area contributed by atoms with Gasteiger partial charge in [-0.2, -0.15) is 0 Å². The number of rotatable bonds is 2. The van der Waals surface area contributed by atoms with Crippen molar-refractivity contribution in [3.05, 3.63) is 35.4 Å². The lowest BCUT2D eigenvalue weighted by molar-refractivity contribution is -0.0402. The second kappa shape index (κ2) is 4.98. The van der Waals surface area contributed by atoms with E-state index in [9.17, 15) is 0 Å². The molecule has 0 amide bonds. The molecule has 2 rings (SSSR count). The molecule has 0 aliphatic carbocycles. The number of nitrogens with zero attached hydrogens (tertiary/aromatic N) is 1. The van der Waals surface area contributed by atoms with Gasteiger partial charge in [-0.3, -0.25) is 4.90 Å². The van der Waals surface area contributed by atoms with Crippen LogP contribution in [0.2, 0.25) is 0 Å². The van der Waals surface area contributed by atoms with Gasteiger partial charge in [-0.1, -0.05) is 29.8 Å². The van der Waals surface area contributed by atoms with E-state index in [0.717, 1.165) is 19.7 Å². The SMILES string of the molecule is Cc1ccc(C2CN(C(C)C)CCO2)cc1. The van der Waals surface area contributed by atoms with Crippen molar-refractivity contribution in [1.29, 1.82) is 0 Å². The minimum absolute atomic E-state index is 0.247. The molecule has 16 heavy (non-hydrogen) atoms. The first-order chi connectivity index (χ1) is 7.66. The molecule has 0 bridgehead atoms. The fourth-order valence-corrected chi connectivity index (χ4v) is 2.12. The van der Waals surface area contributed by atoms with Crippen LogP contribution in [0, 0.1) is 6.92 Å². The van der Waals surface area contributed by atoms with Crippen molar-refractivity contribution in [1.82, 2.24) is 4.90 Å². The van der Waals surface area contributed by atoms with E-state index in [-0.39, 0.29) is 6.10 Å². The molecule has 2 heteroatoms. The van der Waals surface area contributed by atoms with Crippen LogP contribution in [-0.2, 0) is 4.74 Å². The van der Waals surface area contributed by atoms with E-state index in [2.05, 4.69) is 49.9 Å². The number of morpholine rings is 1. The maximum absolute atomic E-state index is 5.84. The minimum atomic E-state index is 0.247. The van der Waals surface area contributed by atoms with Gasteiger partial charge in [0.1, 0.15) is 0 Å². The van der Waals surface area contributed by atoms with E-state index >= 15 is 0 Å². The molecule has 0 spiro atoms. The molecule has 1 aromatic carbocycles. The molecule has 0 N–H and O–H groups in total. The van der Waals surface area contributed by atoms with Crippen molar-refractivity contribution in [2.24, 2.45) is 0 Å². The Morgan fingerprint density at radius 2 is 1.94 bits per heavy atom. The Kier molecular flexibility index (Phi) is 3.62. The largest absolute Gasteiger partial charge is 0.371 e. The van der Waals surface area contributed by atoms with Crippen molar-refractivity contribution in [2.75, 3.05) is 19.7 Å². The highest BCUT2D eigenvalue weighted by atomic mass is 16.5. The quantitative estimate of drug-likeness (QED) is 0.758. The van der Waals surface area contributed by atoms with Crippen LogP contribution in [0.3, 0.4) is 0 Å². The Morgan fingerprint density at radius 1 is 1.25 bits per heavy atom. The van der Waals surface area contributed by atoms with Gasteiger partial charge in [0.25, 0.3) is 0 Å². The van der Waals surface area contributed by atoms with E-state index in [1.54, 1.807) is 0 Å².